The number of halogens is 1. The van der Waals surface area contributed by atoms with Crippen LogP contribution in [0.4, 0.5) is 4.39 Å². The zero-order valence-electron chi connectivity index (χ0n) is 15.3. The molecule has 0 bridgehead atoms. The Kier molecular flexibility index (Phi) is 7.55. The molecule has 2 aromatic rings. The maximum Gasteiger partial charge on any atom is 0.331 e. The van der Waals surface area contributed by atoms with Crippen LogP contribution in [0.5, 0.6) is 5.75 Å². The lowest BCUT2D eigenvalue weighted by Gasteiger charge is -2.12. The lowest BCUT2D eigenvalue weighted by atomic mass is 10.1. The molecule has 0 fully saturated rings. The summed E-state index contributed by atoms with van der Waals surface area (Å²) in [6, 6.07) is 13.3. The topological polar surface area (TPSA) is 64.6 Å². The minimum absolute atomic E-state index is 0.301. The smallest absolute Gasteiger partial charge is 0.331 e. The Morgan fingerprint density at radius 3 is 2.56 bits per heavy atom. The molecule has 6 heteroatoms. The fourth-order valence-corrected chi connectivity index (χ4v) is 2.35. The lowest BCUT2D eigenvalue weighted by Crippen LogP contribution is -2.36. The number of hydrogen-bond donors (Lipinski definition) is 1. The van der Waals surface area contributed by atoms with Crippen LogP contribution in [0.2, 0.25) is 0 Å². The van der Waals surface area contributed by atoms with Crippen molar-refractivity contribution in [2.45, 2.75) is 19.4 Å². The number of para-hydroxylation sites is 1. The Bertz CT molecular complexity index is 802. The molecule has 1 amide bonds. The van der Waals surface area contributed by atoms with Crippen molar-refractivity contribution in [3.8, 4) is 5.75 Å². The van der Waals surface area contributed by atoms with Crippen LogP contribution in [-0.4, -0.2) is 31.6 Å². The van der Waals surface area contributed by atoms with Crippen molar-refractivity contribution in [3.05, 3.63) is 71.6 Å². The van der Waals surface area contributed by atoms with Gasteiger partial charge in [0.05, 0.1) is 7.11 Å². The van der Waals surface area contributed by atoms with Crippen molar-refractivity contribution in [1.29, 1.82) is 0 Å². The largest absolute Gasteiger partial charge is 0.496 e. The van der Waals surface area contributed by atoms with Crippen LogP contribution in [0.15, 0.2) is 54.6 Å². The average Bonchev–Trinajstić information content (AvgIpc) is 2.68. The van der Waals surface area contributed by atoms with Gasteiger partial charge in [0, 0.05) is 18.2 Å². The van der Waals surface area contributed by atoms with E-state index in [0.717, 1.165) is 11.1 Å². The molecule has 0 spiro atoms. The van der Waals surface area contributed by atoms with Crippen LogP contribution in [0.1, 0.15) is 18.1 Å². The normalized spacial score (nSPS) is 11.8. The van der Waals surface area contributed by atoms with Gasteiger partial charge in [0.25, 0.3) is 5.91 Å². The van der Waals surface area contributed by atoms with Crippen LogP contribution < -0.4 is 10.1 Å². The van der Waals surface area contributed by atoms with Crippen molar-refractivity contribution in [2.24, 2.45) is 0 Å². The van der Waals surface area contributed by atoms with Crippen LogP contribution in [0, 0.1) is 5.82 Å². The number of nitrogens with one attached hydrogen (secondary N) is 1. The molecule has 27 heavy (non-hydrogen) atoms. The van der Waals surface area contributed by atoms with Crippen molar-refractivity contribution in [1.82, 2.24) is 5.32 Å². The average molecular weight is 371 g/mol. The second-order valence-corrected chi connectivity index (χ2v) is 5.82. The summed E-state index contributed by atoms with van der Waals surface area (Å²) in [7, 11) is 1.54. The quantitative estimate of drug-likeness (QED) is 0.572. The maximum atomic E-state index is 12.8. The Morgan fingerprint density at radius 2 is 1.85 bits per heavy atom. The third-order valence-electron chi connectivity index (χ3n) is 3.83. The Morgan fingerprint density at radius 1 is 1.15 bits per heavy atom. The molecule has 1 N–H and O–H groups in total. The van der Waals surface area contributed by atoms with E-state index in [9.17, 15) is 14.0 Å². The van der Waals surface area contributed by atoms with Crippen LogP contribution >= 0.6 is 0 Å². The fraction of sp³-hybridized carbons (Fsp3) is 0.238. The molecule has 0 aliphatic rings. The third kappa shape index (κ3) is 6.58. The van der Waals surface area contributed by atoms with E-state index in [4.69, 9.17) is 9.47 Å². The van der Waals surface area contributed by atoms with E-state index < -0.39 is 18.0 Å². The third-order valence-corrected chi connectivity index (χ3v) is 3.83. The number of hydrogen-bond acceptors (Lipinski definition) is 4. The second-order valence-electron chi connectivity index (χ2n) is 5.82. The lowest BCUT2D eigenvalue weighted by molar-refractivity contribution is -0.150. The highest BCUT2D eigenvalue weighted by molar-refractivity contribution is 5.90. The summed E-state index contributed by atoms with van der Waals surface area (Å²) in [6.45, 7) is 1.87. The van der Waals surface area contributed by atoms with Crippen LogP contribution in [-0.2, 0) is 20.7 Å². The van der Waals surface area contributed by atoms with Gasteiger partial charge in [-0.15, -0.1) is 0 Å². The zero-order chi connectivity index (χ0) is 19.6. The zero-order valence-corrected chi connectivity index (χ0v) is 15.3. The number of esters is 1. The van der Waals surface area contributed by atoms with E-state index in [1.807, 2.05) is 12.1 Å². The molecule has 0 heterocycles. The molecule has 2 aromatic carbocycles. The Balaban J connectivity index is 1.78. The van der Waals surface area contributed by atoms with Gasteiger partial charge >= 0.3 is 5.97 Å². The first kappa shape index (κ1) is 20.2. The van der Waals surface area contributed by atoms with Crippen molar-refractivity contribution >= 4 is 18.0 Å². The van der Waals surface area contributed by atoms with E-state index in [2.05, 4.69) is 5.32 Å². The number of benzene rings is 2. The number of rotatable bonds is 8. The molecular formula is C21H22FNO4. The van der Waals surface area contributed by atoms with E-state index in [1.54, 1.807) is 37.5 Å². The number of carbonyl (C=O) groups is 2. The van der Waals surface area contributed by atoms with Gasteiger partial charge in [0.1, 0.15) is 11.6 Å². The number of carbonyl (C=O) groups excluding carboxylic acids is 2. The highest BCUT2D eigenvalue weighted by Gasteiger charge is 2.16. The molecule has 0 aliphatic heterocycles. The predicted molar refractivity (Wildman–Crippen MR) is 101 cm³/mol. The predicted octanol–water partition coefficient (Wildman–Crippen LogP) is 3.14. The minimum atomic E-state index is -0.923. The molecule has 1 atom stereocenters. The van der Waals surface area contributed by atoms with E-state index in [-0.39, 0.29) is 5.82 Å². The van der Waals surface area contributed by atoms with Gasteiger partial charge in [0.15, 0.2) is 6.10 Å². The summed E-state index contributed by atoms with van der Waals surface area (Å²) in [5.74, 6) is -0.684. The van der Waals surface area contributed by atoms with E-state index in [1.165, 1.54) is 25.1 Å². The number of methoxy groups -OCH3 is 1. The van der Waals surface area contributed by atoms with E-state index in [0.29, 0.717) is 18.7 Å². The first-order valence-electron chi connectivity index (χ1n) is 8.53. The molecule has 0 aromatic heterocycles. The van der Waals surface area contributed by atoms with Gasteiger partial charge in [-0.05, 0) is 43.2 Å². The molecule has 142 valence electrons. The molecule has 0 saturated carbocycles. The van der Waals surface area contributed by atoms with Crippen molar-refractivity contribution in [2.75, 3.05) is 13.7 Å². The second kappa shape index (κ2) is 10.1. The van der Waals surface area contributed by atoms with Gasteiger partial charge in [-0.25, -0.2) is 9.18 Å². The van der Waals surface area contributed by atoms with Crippen molar-refractivity contribution < 1.29 is 23.5 Å². The van der Waals surface area contributed by atoms with Gasteiger partial charge < -0.3 is 14.8 Å². The van der Waals surface area contributed by atoms with Gasteiger partial charge in [-0.3, -0.25) is 4.79 Å². The molecule has 0 aliphatic carbocycles. The molecule has 0 unspecified atom stereocenters. The molecule has 0 radical (unpaired) electrons. The standard InChI is InChI=1S/C21H22FNO4/c1-15(21(25)23-14-13-16-7-10-18(22)11-8-16)27-20(24)12-9-17-5-3-4-6-19(17)26-2/h3-12,15H,13-14H2,1-2H3,(H,23,25)/b12-9+/t15-/m0/s1. The summed E-state index contributed by atoms with van der Waals surface area (Å²) in [6.07, 6.45) is 2.45. The summed E-state index contributed by atoms with van der Waals surface area (Å²) >= 11 is 0. The van der Waals surface area contributed by atoms with Crippen LogP contribution in [0.25, 0.3) is 6.08 Å². The SMILES string of the molecule is COc1ccccc1/C=C/C(=O)O[C@@H](C)C(=O)NCCc1ccc(F)cc1. The molecule has 5 nitrogen and oxygen atoms in total. The fourth-order valence-electron chi connectivity index (χ4n) is 2.35. The van der Waals surface area contributed by atoms with Gasteiger partial charge in [-0.1, -0.05) is 30.3 Å². The maximum absolute atomic E-state index is 12.8. The van der Waals surface area contributed by atoms with Gasteiger partial charge in [0.2, 0.25) is 0 Å². The highest BCUT2D eigenvalue weighted by atomic mass is 19.1. The highest BCUT2D eigenvalue weighted by Crippen LogP contribution is 2.18. The van der Waals surface area contributed by atoms with Gasteiger partial charge in [-0.2, -0.15) is 0 Å². The summed E-state index contributed by atoms with van der Waals surface area (Å²) in [5, 5.41) is 2.69. The molecular weight excluding hydrogens is 349 g/mol. The summed E-state index contributed by atoms with van der Waals surface area (Å²) < 4.78 is 23.1. The molecule has 0 saturated heterocycles. The molecule has 2 rings (SSSR count). The summed E-state index contributed by atoms with van der Waals surface area (Å²) in [5.41, 5.74) is 1.63. The Hall–Kier alpha value is -3.15. The van der Waals surface area contributed by atoms with Crippen LogP contribution in [0.3, 0.4) is 0 Å². The van der Waals surface area contributed by atoms with E-state index >= 15 is 0 Å². The first-order chi connectivity index (χ1) is 13.0. The first-order valence-corrected chi connectivity index (χ1v) is 8.53. The Labute approximate surface area is 157 Å². The number of ether oxygens (including phenoxy) is 2. The monoisotopic (exact) mass is 371 g/mol. The minimum Gasteiger partial charge on any atom is -0.496 e. The number of amides is 1. The summed E-state index contributed by atoms with van der Waals surface area (Å²) in [4.78, 5) is 23.9. The van der Waals surface area contributed by atoms with Crippen molar-refractivity contribution in [3.63, 3.8) is 0 Å².